The van der Waals surface area contributed by atoms with Gasteiger partial charge in [-0.15, -0.1) is 0 Å². The van der Waals surface area contributed by atoms with Crippen molar-refractivity contribution in [3.8, 4) is 17.2 Å². The number of ether oxygens (including phenoxy) is 3. The zero-order valence-electron chi connectivity index (χ0n) is 20.8. The summed E-state index contributed by atoms with van der Waals surface area (Å²) in [6.07, 6.45) is 4.18. The van der Waals surface area contributed by atoms with E-state index in [2.05, 4.69) is 14.5 Å². The zero-order chi connectivity index (χ0) is 25.5. The summed E-state index contributed by atoms with van der Waals surface area (Å²) in [7, 11) is 1.63. The molecule has 3 aromatic rings. The van der Waals surface area contributed by atoms with Gasteiger partial charge in [-0.05, 0) is 55.7 Å². The molecule has 2 aromatic carbocycles. The first-order valence-corrected chi connectivity index (χ1v) is 12.5. The number of aryl methyl sites for hydroxylation is 2. The van der Waals surface area contributed by atoms with Crippen molar-refractivity contribution in [1.29, 1.82) is 0 Å². The van der Waals surface area contributed by atoms with Crippen molar-refractivity contribution in [3.05, 3.63) is 71.3 Å². The molecule has 36 heavy (non-hydrogen) atoms. The van der Waals surface area contributed by atoms with Crippen molar-refractivity contribution in [1.82, 2.24) is 14.5 Å². The second kappa shape index (κ2) is 12.0. The van der Waals surface area contributed by atoms with Crippen molar-refractivity contribution in [2.24, 2.45) is 0 Å². The number of aliphatic hydroxyl groups excluding tert-OH is 1. The fourth-order valence-electron chi connectivity index (χ4n) is 4.43. The maximum absolute atomic E-state index is 11.2. The summed E-state index contributed by atoms with van der Waals surface area (Å²) in [4.78, 5) is 6.36. The van der Waals surface area contributed by atoms with Crippen LogP contribution in [0, 0.1) is 6.92 Å². The van der Waals surface area contributed by atoms with Gasteiger partial charge in [-0.3, -0.25) is 4.90 Å². The molecule has 1 saturated heterocycles. The third-order valence-electron chi connectivity index (χ3n) is 6.48. The molecule has 8 nitrogen and oxygen atoms in total. The highest BCUT2D eigenvalue weighted by Crippen LogP contribution is 2.30. The van der Waals surface area contributed by atoms with Crippen molar-refractivity contribution in [2.75, 3.05) is 33.4 Å². The van der Waals surface area contributed by atoms with Gasteiger partial charge in [-0.25, -0.2) is 4.98 Å². The SMILES string of the molecule is COc1ccc(CN2CC[C@H](O)[C@@](O)(COc3cccc(Cl)c3)C2)cc1OCCCn1ccnc1C. The fourth-order valence-corrected chi connectivity index (χ4v) is 4.61. The largest absolute Gasteiger partial charge is 0.493 e. The number of aromatic nitrogens is 2. The first-order valence-electron chi connectivity index (χ1n) is 12.1. The number of nitrogens with zero attached hydrogens (tertiary/aromatic N) is 3. The van der Waals surface area contributed by atoms with Crippen LogP contribution in [0.2, 0.25) is 5.02 Å². The Hall–Kier alpha value is -2.78. The smallest absolute Gasteiger partial charge is 0.161 e. The van der Waals surface area contributed by atoms with E-state index >= 15 is 0 Å². The molecular formula is C27H34ClN3O5. The highest BCUT2D eigenvalue weighted by Gasteiger charge is 2.42. The third-order valence-corrected chi connectivity index (χ3v) is 6.72. The van der Waals surface area contributed by atoms with Gasteiger partial charge in [0.05, 0.1) is 19.8 Å². The molecule has 2 N–H and O–H groups in total. The molecule has 9 heteroatoms. The fraction of sp³-hybridized carbons (Fsp3) is 0.444. The van der Waals surface area contributed by atoms with E-state index in [1.54, 1.807) is 37.6 Å². The van der Waals surface area contributed by atoms with E-state index in [0.29, 0.717) is 48.4 Å². The van der Waals surface area contributed by atoms with Crippen molar-refractivity contribution < 1.29 is 24.4 Å². The predicted molar refractivity (Wildman–Crippen MR) is 138 cm³/mol. The number of imidazole rings is 1. The molecule has 0 amide bonds. The second-order valence-electron chi connectivity index (χ2n) is 9.22. The summed E-state index contributed by atoms with van der Waals surface area (Å²) in [5, 5.41) is 22.3. The number of hydrogen-bond donors (Lipinski definition) is 2. The summed E-state index contributed by atoms with van der Waals surface area (Å²) in [6, 6.07) is 12.9. The van der Waals surface area contributed by atoms with Crippen molar-refractivity contribution in [2.45, 2.75) is 44.6 Å². The van der Waals surface area contributed by atoms with Crippen LogP contribution in [-0.2, 0) is 13.1 Å². The lowest BCUT2D eigenvalue weighted by Crippen LogP contribution is -2.59. The number of rotatable bonds is 11. The molecule has 1 aliphatic rings. The molecule has 1 aliphatic heterocycles. The van der Waals surface area contributed by atoms with E-state index in [1.165, 1.54) is 0 Å². The summed E-state index contributed by atoms with van der Waals surface area (Å²) < 4.78 is 19.4. The Bertz CT molecular complexity index is 1140. The molecule has 2 heterocycles. The van der Waals surface area contributed by atoms with Gasteiger partial charge < -0.3 is 29.0 Å². The number of halogens is 1. The van der Waals surface area contributed by atoms with Gasteiger partial charge in [0.1, 0.15) is 23.8 Å². The minimum absolute atomic E-state index is 0.0294. The molecule has 0 unspecified atom stereocenters. The number of benzene rings is 2. The predicted octanol–water partition coefficient (Wildman–Crippen LogP) is 3.70. The molecule has 0 saturated carbocycles. The van der Waals surface area contributed by atoms with E-state index in [0.717, 1.165) is 24.4 Å². The topological polar surface area (TPSA) is 89.2 Å². The van der Waals surface area contributed by atoms with Crippen LogP contribution in [0.3, 0.4) is 0 Å². The van der Waals surface area contributed by atoms with Crippen LogP contribution >= 0.6 is 11.6 Å². The Labute approximate surface area is 217 Å². The first-order chi connectivity index (χ1) is 17.4. The van der Waals surface area contributed by atoms with E-state index in [1.807, 2.05) is 31.3 Å². The molecule has 0 radical (unpaired) electrons. The molecule has 1 fully saturated rings. The zero-order valence-corrected chi connectivity index (χ0v) is 21.5. The van der Waals surface area contributed by atoms with Crippen LogP contribution in [0.15, 0.2) is 54.9 Å². The van der Waals surface area contributed by atoms with Crippen LogP contribution in [-0.4, -0.2) is 69.8 Å². The van der Waals surface area contributed by atoms with Crippen molar-refractivity contribution in [3.63, 3.8) is 0 Å². The lowest BCUT2D eigenvalue weighted by Gasteiger charge is -2.42. The number of likely N-dealkylation sites (tertiary alicyclic amines) is 1. The Kier molecular flexibility index (Phi) is 8.74. The Balaban J connectivity index is 1.35. The Morgan fingerprint density at radius 1 is 1.17 bits per heavy atom. The van der Waals surface area contributed by atoms with Gasteiger partial charge in [0.25, 0.3) is 0 Å². The van der Waals surface area contributed by atoms with Crippen LogP contribution < -0.4 is 14.2 Å². The van der Waals surface area contributed by atoms with Crippen LogP contribution in [0.1, 0.15) is 24.2 Å². The molecule has 4 rings (SSSR count). The second-order valence-corrected chi connectivity index (χ2v) is 9.66. The first kappa shape index (κ1) is 26.3. The minimum Gasteiger partial charge on any atom is -0.493 e. The highest BCUT2D eigenvalue weighted by molar-refractivity contribution is 6.30. The van der Waals surface area contributed by atoms with Gasteiger partial charge in [0.2, 0.25) is 0 Å². The van der Waals surface area contributed by atoms with Gasteiger partial charge in [-0.1, -0.05) is 23.7 Å². The molecular weight excluding hydrogens is 482 g/mol. The van der Waals surface area contributed by atoms with Gasteiger partial charge in [-0.2, -0.15) is 0 Å². The quantitative estimate of drug-likeness (QED) is 0.376. The van der Waals surface area contributed by atoms with Gasteiger partial charge in [0, 0.05) is 43.6 Å². The summed E-state index contributed by atoms with van der Waals surface area (Å²) in [5.41, 5.74) is -0.358. The van der Waals surface area contributed by atoms with E-state index in [4.69, 9.17) is 25.8 Å². The average molecular weight is 516 g/mol. The molecule has 0 spiro atoms. The van der Waals surface area contributed by atoms with Gasteiger partial charge >= 0.3 is 0 Å². The maximum atomic E-state index is 11.2. The number of aliphatic hydroxyl groups is 2. The molecule has 0 bridgehead atoms. The molecule has 2 atom stereocenters. The third kappa shape index (κ3) is 6.70. The number of hydrogen-bond acceptors (Lipinski definition) is 7. The van der Waals surface area contributed by atoms with Crippen molar-refractivity contribution >= 4 is 11.6 Å². The standard InChI is InChI=1S/C27H34ClN3O5/c1-20-29-10-13-31(20)11-4-14-35-25-15-21(7-8-24(25)34-2)17-30-12-9-26(32)27(33,18-30)19-36-23-6-3-5-22(28)16-23/h3,5-8,10,13,15-16,26,32-33H,4,9,11-12,14,17-19H2,1-2H3/t26-,27-/m0/s1. The van der Waals surface area contributed by atoms with Crippen LogP contribution in [0.5, 0.6) is 17.2 Å². The maximum Gasteiger partial charge on any atom is 0.161 e. The average Bonchev–Trinajstić information content (AvgIpc) is 3.28. The van der Waals surface area contributed by atoms with Crippen LogP contribution in [0.4, 0.5) is 0 Å². The minimum atomic E-state index is -1.39. The number of methoxy groups -OCH3 is 1. The van der Waals surface area contributed by atoms with E-state index in [9.17, 15) is 10.2 Å². The monoisotopic (exact) mass is 515 g/mol. The lowest BCUT2D eigenvalue weighted by atomic mass is 9.90. The highest BCUT2D eigenvalue weighted by atomic mass is 35.5. The van der Waals surface area contributed by atoms with E-state index in [-0.39, 0.29) is 13.2 Å². The van der Waals surface area contributed by atoms with E-state index < -0.39 is 11.7 Å². The van der Waals surface area contributed by atoms with Gasteiger partial charge in [0.15, 0.2) is 11.5 Å². The normalized spacial score (nSPS) is 20.3. The summed E-state index contributed by atoms with van der Waals surface area (Å²) in [5.74, 6) is 2.91. The number of piperidine rings is 1. The summed E-state index contributed by atoms with van der Waals surface area (Å²) in [6.45, 7) is 4.87. The Morgan fingerprint density at radius 3 is 2.78 bits per heavy atom. The molecule has 0 aliphatic carbocycles. The molecule has 1 aromatic heterocycles. The van der Waals surface area contributed by atoms with Crippen LogP contribution in [0.25, 0.3) is 0 Å². The summed E-state index contributed by atoms with van der Waals surface area (Å²) >= 11 is 6.02. The molecule has 194 valence electrons. The Morgan fingerprint density at radius 2 is 2.03 bits per heavy atom. The number of β-amino-alcohol motifs (C(OH)–C–C–N with tert-alkyl or cyclic N) is 1. The lowest BCUT2D eigenvalue weighted by molar-refractivity contribution is -0.140.